The number of nitrogens with zero attached hydrogens (tertiary/aromatic N) is 3. The van der Waals surface area contributed by atoms with Gasteiger partial charge in [-0.25, -0.2) is 4.98 Å². The lowest BCUT2D eigenvalue weighted by Gasteiger charge is -2.26. The van der Waals surface area contributed by atoms with E-state index in [9.17, 15) is 8.42 Å². The summed E-state index contributed by atoms with van der Waals surface area (Å²) in [5, 5.41) is -0.0585. The van der Waals surface area contributed by atoms with E-state index in [1.54, 1.807) is 0 Å². The zero-order valence-corrected chi connectivity index (χ0v) is 11.5. The molecule has 100 valence electrons. The second-order valence-corrected chi connectivity index (χ2v) is 5.86. The van der Waals surface area contributed by atoms with Crippen molar-refractivity contribution in [2.75, 3.05) is 31.0 Å². The maximum Gasteiger partial charge on any atom is 0.302 e. The summed E-state index contributed by atoms with van der Waals surface area (Å²) in [4.78, 5) is 7.36. The summed E-state index contributed by atoms with van der Waals surface area (Å²) in [7, 11) is -3.67. The van der Waals surface area contributed by atoms with E-state index in [0.29, 0.717) is 26.3 Å². The van der Waals surface area contributed by atoms with Crippen molar-refractivity contribution in [2.45, 2.75) is 0 Å². The molecule has 0 atom stereocenters. The number of nitrogens with one attached hydrogen (secondary N) is 1. The highest BCUT2D eigenvalue weighted by molar-refractivity contribution is 7.90. The van der Waals surface area contributed by atoms with E-state index >= 15 is 0 Å². The lowest BCUT2D eigenvalue weighted by Crippen LogP contribution is -2.43. The Labute approximate surface area is 114 Å². The van der Waals surface area contributed by atoms with Crippen LogP contribution in [0.4, 0.5) is 5.82 Å². The van der Waals surface area contributed by atoms with E-state index in [4.69, 9.17) is 27.9 Å². The van der Waals surface area contributed by atoms with Crippen LogP contribution < -0.4 is 4.72 Å². The van der Waals surface area contributed by atoms with Crippen LogP contribution in [-0.4, -0.2) is 49.0 Å². The van der Waals surface area contributed by atoms with Gasteiger partial charge < -0.3 is 4.74 Å². The second kappa shape index (κ2) is 5.54. The van der Waals surface area contributed by atoms with E-state index in [-0.39, 0.29) is 16.3 Å². The predicted octanol–water partition coefficient (Wildman–Crippen LogP) is 0.772. The van der Waals surface area contributed by atoms with Gasteiger partial charge in [-0.15, -0.1) is 0 Å². The number of aromatic nitrogens is 2. The van der Waals surface area contributed by atoms with Gasteiger partial charge in [0.05, 0.1) is 13.2 Å². The molecule has 0 aromatic carbocycles. The van der Waals surface area contributed by atoms with E-state index in [1.807, 2.05) is 0 Å². The average Bonchev–Trinajstić information content (AvgIpc) is 2.28. The summed E-state index contributed by atoms with van der Waals surface area (Å²) in [6.07, 6.45) is 0. The highest BCUT2D eigenvalue weighted by atomic mass is 35.5. The van der Waals surface area contributed by atoms with Crippen LogP contribution in [0.3, 0.4) is 0 Å². The van der Waals surface area contributed by atoms with Crippen molar-refractivity contribution in [3.8, 4) is 0 Å². The molecule has 1 aromatic rings. The van der Waals surface area contributed by atoms with Crippen molar-refractivity contribution in [3.63, 3.8) is 0 Å². The molecule has 1 aliphatic heterocycles. The van der Waals surface area contributed by atoms with Gasteiger partial charge in [-0.3, -0.25) is 4.72 Å². The summed E-state index contributed by atoms with van der Waals surface area (Å²) in [6.45, 7) is 1.32. The van der Waals surface area contributed by atoms with Gasteiger partial charge in [0, 0.05) is 19.2 Å². The Bertz CT molecular complexity index is 513. The lowest BCUT2D eigenvalue weighted by atomic mass is 10.5. The Morgan fingerprint density at radius 3 is 2.56 bits per heavy atom. The largest absolute Gasteiger partial charge is 0.379 e. The van der Waals surface area contributed by atoms with Gasteiger partial charge in [0.1, 0.15) is 11.0 Å². The monoisotopic (exact) mass is 312 g/mol. The van der Waals surface area contributed by atoms with Crippen LogP contribution in [0.25, 0.3) is 0 Å². The molecular formula is C8H10Cl2N4O3S. The molecule has 0 saturated carbocycles. The highest BCUT2D eigenvalue weighted by Crippen LogP contribution is 2.16. The van der Waals surface area contributed by atoms with Crippen LogP contribution in [0, 0.1) is 0 Å². The molecule has 2 rings (SSSR count). The maximum atomic E-state index is 12.0. The Hall–Kier alpha value is -0.670. The molecule has 1 aromatic heterocycles. The number of rotatable bonds is 3. The topological polar surface area (TPSA) is 84.4 Å². The molecule has 0 radical (unpaired) electrons. The number of anilines is 1. The minimum absolute atomic E-state index is 0.0338. The molecule has 0 bridgehead atoms. The first kappa shape index (κ1) is 13.8. The Balaban J connectivity index is 2.16. The zero-order chi connectivity index (χ0) is 13.2. The van der Waals surface area contributed by atoms with Gasteiger partial charge >= 0.3 is 10.2 Å². The van der Waals surface area contributed by atoms with Gasteiger partial charge in [0.2, 0.25) is 5.28 Å². The Morgan fingerprint density at radius 1 is 1.28 bits per heavy atom. The summed E-state index contributed by atoms with van der Waals surface area (Å²) >= 11 is 11.3. The molecule has 0 amide bonds. The number of morpholine rings is 1. The summed E-state index contributed by atoms with van der Waals surface area (Å²) in [5.41, 5.74) is 0. The number of ether oxygens (including phenoxy) is 1. The van der Waals surface area contributed by atoms with Crippen LogP contribution in [0.2, 0.25) is 10.4 Å². The molecule has 10 heteroatoms. The van der Waals surface area contributed by atoms with Crippen molar-refractivity contribution in [2.24, 2.45) is 0 Å². The lowest BCUT2D eigenvalue weighted by molar-refractivity contribution is 0.0733. The third kappa shape index (κ3) is 3.42. The molecule has 0 aliphatic carbocycles. The van der Waals surface area contributed by atoms with Gasteiger partial charge in [-0.05, 0) is 11.6 Å². The second-order valence-electron chi connectivity index (χ2n) is 3.46. The predicted molar refractivity (Wildman–Crippen MR) is 67.0 cm³/mol. The normalized spacial score (nSPS) is 17.7. The van der Waals surface area contributed by atoms with Crippen LogP contribution in [0.15, 0.2) is 6.07 Å². The van der Waals surface area contributed by atoms with E-state index in [1.165, 1.54) is 10.4 Å². The highest BCUT2D eigenvalue weighted by Gasteiger charge is 2.24. The minimum atomic E-state index is -3.67. The van der Waals surface area contributed by atoms with Crippen molar-refractivity contribution in [3.05, 3.63) is 16.5 Å². The number of hydrogen-bond acceptors (Lipinski definition) is 5. The first-order valence-corrected chi connectivity index (χ1v) is 7.23. The fourth-order valence-electron chi connectivity index (χ4n) is 1.43. The maximum absolute atomic E-state index is 12.0. The van der Waals surface area contributed by atoms with Crippen LogP contribution in [0.1, 0.15) is 0 Å². The molecule has 2 heterocycles. The minimum Gasteiger partial charge on any atom is -0.379 e. The van der Waals surface area contributed by atoms with Gasteiger partial charge in [-0.1, -0.05) is 11.6 Å². The molecule has 1 N–H and O–H groups in total. The number of hydrogen-bond donors (Lipinski definition) is 1. The summed E-state index contributed by atoms with van der Waals surface area (Å²) in [5.74, 6) is 0.0338. The van der Waals surface area contributed by atoms with Gasteiger partial charge in [-0.2, -0.15) is 17.7 Å². The van der Waals surface area contributed by atoms with Crippen molar-refractivity contribution in [1.82, 2.24) is 14.3 Å². The molecule has 1 fully saturated rings. The number of halogens is 2. The first-order valence-electron chi connectivity index (χ1n) is 5.03. The third-order valence-corrected chi connectivity index (χ3v) is 4.09. The molecule has 7 nitrogen and oxygen atoms in total. The summed E-state index contributed by atoms with van der Waals surface area (Å²) < 4.78 is 32.6. The molecular weight excluding hydrogens is 303 g/mol. The van der Waals surface area contributed by atoms with Gasteiger partial charge in [0.15, 0.2) is 0 Å². The van der Waals surface area contributed by atoms with E-state index < -0.39 is 10.2 Å². The fraction of sp³-hybridized carbons (Fsp3) is 0.500. The first-order chi connectivity index (χ1) is 8.47. The van der Waals surface area contributed by atoms with Crippen LogP contribution in [0.5, 0.6) is 0 Å². The average molecular weight is 313 g/mol. The Morgan fingerprint density at radius 2 is 1.94 bits per heavy atom. The van der Waals surface area contributed by atoms with E-state index in [2.05, 4.69) is 14.7 Å². The van der Waals surface area contributed by atoms with Crippen molar-refractivity contribution < 1.29 is 13.2 Å². The quantitative estimate of drug-likeness (QED) is 0.658. The van der Waals surface area contributed by atoms with Crippen LogP contribution >= 0.6 is 23.2 Å². The van der Waals surface area contributed by atoms with Crippen LogP contribution in [-0.2, 0) is 14.9 Å². The SMILES string of the molecule is O=S(=O)(Nc1cc(Cl)nc(Cl)n1)N1CCOCC1. The Kier molecular flexibility index (Phi) is 4.23. The molecule has 0 unspecified atom stereocenters. The van der Waals surface area contributed by atoms with Gasteiger partial charge in [0.25, 0.3) is 0 Å². The smallest absolute Gasteiger partial charge is 0.302 e. The van der Waals surface area contributed by atoms with Crippen molar-refractivity contribution >= 4 is 39.2 Å². The summed E-state index contributed by atoms with van der Waals surface area (Å²) in [6, 6.07) is 1.28. The molecule has 18 heavy (non-hydrogen) atoms. The molecule has 1 saturated heterocycles. The molecule has 1 aliphatic rings. The fourth-order valence-corrected chi connectivity index (χ4v) is 2.96. The third-order valence-electron chi connectivity index (χ3n) is 2.21. The van der Waals surface area contributed by atoms with E-state index in [0.717, 1.165) is 0 Å². The standard InChI is InChI=1S/C8H10Cl2N4O3S/c9-6-5-7(12-8(10)11-6)13-18(15,16)14-1-3-17-4-2-14/h5H,1-4H2,(H,11,12,13). The molecule has 0 spiro atoms. The zero-order valence-electron chi connectivity index (χ0n) is 9.14. The van der Waals surface area contributed by atoms with Crippen molar-refractivity contribution in [1.29, 1.82) is 0 Å².